The molecule has 0 bridgehead atoms. The molecule has 1 fully saturated rings. The molecular weight excluding hydrogens is 362 g/mol. The molecule has 2 aliphatic heterocycles. The van der Waals surface area contributed by atoms with Gasteiger partial charge in [0.2, 0.25) is 0 Å². The molecule has 0 spiro atoms. The number of morpholine rings is 1. The summed E-state index contributed by atoms with van der Waals surface area (Å²) in [5, 5.41) is 1.80. The molecule has 2 aromatic rings. The first kappa shape index (κ1) is 16.9. The van der Waals surface area contributed by atoms with Crippen LogP contribution in [0.25, 0.3) is 5.57 Å². The minimum absolute atomic E-state index is 0.240. The topological polar surface area (TPSA) is 49.9 Å². The van der Waals surface area contributed by atoms with Crippen LogP contribution in [0.1, 0.15) is 4.88 Å². The number of benzene rings is 1. The molecule has 2 amide bonds. The number of halogens is 2. The Morgan fingerprint density at radius 1 is 1.04 bits per heavy atom. The first-order chi connectivity index (χ1) is 12.6. The number of carbonyl (C=O) groups excluding carboxylic acids is 2. The molecule has 1 aromatic carbocycles. The van der Waals surface area contributed by atoms with Crippen molar-refractivity contribution in [3.63, 3.8) is 0 Å². The summed E-state index contributed by atoms with van der Waals surface area (Å²) in [4.78, 5) is 29.3. The standard InChI is InChI=1S/C18H14F2N2O3S/c19-11-3-4-13(12(20)10-11)22-17(23)15(14-2-1-9-26-14)16(18(22)24)21-5-7-25-8-6-21/h1-4,9-10H,5-8H2. The van der Waals surface area contributed by atoms with Crippen molar-refractivity contribution in [3.8, 4) is 0 Å². The molecule has 4 rings (SSSR count). The fraction of sp³-hybridized carbons (Fsp3) is 0.222. The molecule has 0 aliphatic carbocycles. The Bertz CT molecular complexity index is 905. The predicted molar refractivity (Wildman–Crippen MR) is 92.5 cm³/mol. The Morgan fingerprint density at radius 3 is 2.46 bits per heavy atom. The predicted octanol–water partition coefficient (Wildman–Crippen LogP) is 2.64. The number of amides is 2. The lowest BCUT2D eigenvalue weighted by Crippen LogP contribution is -2.40. The maximum absolute atomic E-state index is 14.3. The van der Waals surface area contributed by atoms with E-state index >= 15 is 0 Å². The zero-order valence-electron chi connectivity index (χ0n) is 13.6. The summed E-state index contributed by atoms with van der Waals surface area (Å²) in [6, 6.07) is 6.32. The maximum Gasteiger partial charge on any atom is 0.282 e. The molecule has 5 nitrogen and oxygen atoms in total. The Kier molecular flexibility index (Phi) is 4.29. The zero-order chi connectivity index (χ0) is 18.3. The van der Waals surface area contributed by atoms with E-state index in [1.54, 1.807) is 22.4 Å². The fourth-order valence-corrected chi connectivity index (χ4v) is 3.89. The van der Waals surface area contributed by atoms with E-state index in [2.05, 4.69) is 0 Å². The van der Waals surface area contributed by atoms with E-state index in [9.17, 15) is 18.4 Å². The van der Waals surface area contributed by atoms with Crippen LogP contribution < -0.4 is 4.90 Å². The van der Waals surface area contributed by atoms with E-state index < -0.39 is 23.4 Å². The third-order valence-electron chi connectivity index (χ3n) is 4.30. The molecule has 0 N–H and O–H groups in total. The molecule has 0 radical (unpaired) electrons. The highest BCUT2D eigenvalue weighted by atomic mass is 32.1. The van der Waals surface area contributed by atoms with Gasteiger partial charge in [0.1, 0.15) is 17.3 Å². The van der Waals surface area contributed by atoms with E-state index in [1.165, 1.54) is 11.3 Å². The van der Waals surface area contributed by atoms with Gasteiger partial charge >= 0.3 is 0 Å². The zero-order valence-corrected chi connectivity index (χ0v) is 14.4. The van der Waals surface area contributed by atoms with Gasteiger partial charge in [0.15, 0.2) is 0 Å². The van der Waals surface area contributed by atoms with Crippen molar-refractivity contribution < 1.29 is 23.1 Å². The highest BCUT2D eigenvalue weighted by Gasteiger charge is 2.44. The normalized spacial score (nSPS) is 18.2. The molecule has 0 saturated carbocycles. The SMILES string of the molecule is O=C1C(c2cccs2)=C(N2CCOCC2)C(=O)N1c1ccc(F)cc1F. The molecule has 26 heavy (non-hydrogen) atoms. The van der Waals surface area contributed by atoms with Crippen molar-refractivity contribution in [1.29, 1.82) is 0 Å². The van der Waals surface area contributed by atoms with E-state index in [4.69, 9.17) is 4.74 Å². The highest BCUT2D eigenvalue weighted by molar-refractivity contribution is 7.11. The number of nitrogens with zero attached hydrogens (tertiary/aromatic N) is 2. The lowest BCUT2D eigenvalue weighted by molar-refractivity contribution is -0.121. The third kappa shape index (κ3) is 2.71. The monoisotopic (exact) mass is 376 g/mol. The number of imide groups is 1. The van der Waals surface area contributed by atoms with Gasteiger partial charge < -0.3 is 9.64 Å². The van der Waals surface area contributed by atoms with Crippen molar-refractivity contribution >= 4 is 34.4 Å². The number of hydrogen-bond acceptors (Lipinski definition) is 5. The van der Waals surface area contributed by atoms with Crippen LogP contribution in [0.3, 0.4) is 0 Å². The van der Waals surface area contributed by atoms with E-state index in [1.807, 2.05) is 0 Å². The summed E-state index contributed by atoms with van der Waals surface area (Å²) < 4.78 is 32.8. The van der Waals surface area contributed by atoms with Crippen molar-refractivity contribution in [2.75, 3.05) is 31.2 Å². The van der Waals surface area contributed by atoms with Crippen molar-refractivity contribution in [2.24, 2.45) is 0 Å². The molecule has 0 unspecified atom stereocenters. The van der Waals surface area contributed by atoms with E-state index in [0.717, 1.165) is 17.0 Å². The first-order valence-corrected chi connectivity index (χ1v) is 8.90. The van der Waals surface area contributed by atoms with Crippen LogP contribution in [-0.4, -0.2) is 43.0 Å². The van der Waals surface area contributed by atoms with E-state index in [-0.39, 0.29) is 17.0 Å². The number of carbonyl (C=O) groups is 2. The Hall–Kier alpha value is -2.58. The quantitative estimate of drug-likeness (QED) is 0.773. The van der Waals surface area contributed by atoms with Gasteiger partial charge in [0, 0.05) is 24.0 Å². The third-order valence-corrected chi connectivity index (χ3v) is 5.19. The number of hydrogen-bond donors (Lipinski definition) is 0. The molecule has 0 atom stereocenters. The first-order valence-electron chi connectivity index (χ1n) is 8.02. The molecular formula is C18H14F2N2O3S. The van der Waals surface area contributed by atoms with Gasteiger partial charge in [-0.2, -0.15) is 0 Å². The molecule has 2 aliphatic rings. The fourth-order valence-electron chi connectivity index (χ4n) is 3.12. The second-order valence-corrected chi connectivity index (χ2v) is 6.79. The summed E-state index contributed by atoms with van der Waals surface area (Å²) in [6.45, 7) is 1.80. The summed E-state index contributed by atoms with van der Waals surface area (Å²) in [6.07, 6.45) is 0. The minimum atomic E-state index is -0.958. The average molecular weight is 376 g/mol. The largest absolute Gasteiger partial charge is 0.378 e. The van der Waals surface area contributed by atoms with Crippen LogP contribution in [0.5, 0.6) is 0 Å². The molecule has 3 heterocycles. The maximum atomic E-state index is 14.3. The van der Waals surface area contributed by atoms with Gasteiger partial charge in [-0.25, -0.2) is 13.7 Å². The van der Waals surface area contributed by atoms with Crippen LogP contribution in [0.15, 0.2) is 41.4 Å². The molecule has 8 heteroatoms. The van der Waals surface area contributed by atoms with Gasteiger partial charge in [0.25, 0.3) is 11.8 Å². The number of anilines is 1. The average Bonchev–Trinajstić information content (AvgIpc) is 3.23. The van der Waals surface area contributed by atoms with Gasteiger partial charge in [-0.1, -0.05) is 6.07 Å². The number of rotatable bonds is 3. The van der Waals surface area contributed by atoms with Crippen molar-refractivity contribution in [2.45, 2.75) is 0 Å². The van der Waals surface area contributed by atoms with Crippen molar-refractivity contribution in [3.05, 3.63) is 57.9 Å². The minimum Gasteiger partial charge on any atom is -0.378 e. The van der Waals surface area contributed by atoms with Gasteiger partial charge in [-0.15, -0.1) is 11.3 Å². The summed E-state index contributed by atoms with van der Waals surface area (Å²) >= 11 is 1.33. The summed E-state index contributed by atoms with van der Waals surface area (Å²) in [5.74, 6) is -2.94. The molecule has 1 aromatic heterocycles. The second kappa shape index (κ2) is 6.62. The van der Waals surface area contributed by atoms with Crippen LogP contribution in [0, 0.1) is 11.6 Å². The van der Waals surface area contributed by atoms with Gasteiger partial charge in [-0.3, -0.25) is 9.59 Å². The van der Waals surface area contributed by atoms with E-state index in [0.29, 0.717) is 37.2 Å². The molecule has 1 saturated heterocycles. The summed E-state index contributed by atoms with van der Waals surface area (Å²) in [7, 11) is 0. The molecule has 134 valence electrons. The summed E-state index contributed by atoms with van der Waals surface area (Å²) in [5.41, 5.74) is 0.235. The van der Waals surface area contributed by atoms with Crippen LogP contribution in [0.4, 0.5) is 14.5 Å². The number of ether oxygens (including phenoxy) is 1. The Morgan fingerprint density at radius 2 is 1.81 bits per heavy atom. The van der Waals surface area contributed by atoms with Crippen molar-refractivity contribution in [1.82, 2.24) is 4.90 Å². The van der Waals surface area contributed by atoms with Crippen LogP contribution in [-0.2, 0) is 14.3 Å². The smallest absolute Gasteiger partial charge is 0.282 e. The van der Waals surface area contributed by atoms with Gasteiger partial charge in [0.05, 0.1) is 24.5 Å². The highest BCUT2D eigenvalue weighted by Crippen LogP contribution is 2.37. The Labute approximate surface area is 152 Å². The van der Waals surface area contributed by atoms with Crippen LogP contribution in [0.2, 0.25) is 0 Å². The second-order valence-electron chi connectivity index (χ2n) is 5.84. The number of thiophene rings is 1. The lowest BCUT2D eigenvalue weighted by atomic mass is 10.1. The van der Waals surface area contributed by atoms with Gasteiger partial charge in [-0.05, 0) is 23.6 Å². The lowest BCUT2D eigenvalue weighted by Gasteiger charge is -2.29. The van der Waals surface area contributed by atoms with Crippen LogP contribution >= 0.6 is 11.3 Å². The Balaban J connectivity index is 1.82.